The summed E-state index contributed by atoms with van der Waals surface area (Å²) in [5.41, 5.74) is 6.97. The number of hydrogen-bond donors (Lipinski definition) is 1. The highest BCUT2D eigenvalue weighted by molar-refractivity contribution is 9.10. The molecular formula is C13H16BrFN2. The molecule has 0 atom stereocenters. The van der Waals surface area contributed by atoms with Gasteiger partial charge in [0.15, 0.2) is 0 Å². The Kier molecular flexibility index (Phi) is 4.15. The zero-order valence-electron chi connectivity index (χ0n) is 9.63. The lowest BCUT2D eigenvalue weighted by atomic mass is 9.96. The molecule has 0 heterocycles. The van der Waals surface area contributed by atoms with Crippen molar-refractivity contribution in [2.24, 2.45) is 4.99 Å². The minimum Gasteiger partial charge on any atom is -0.398 e. The maximum atomic E-state index is 13.2. The van der Waals surface area contributed by atoms with Crippen molar-refractivity contribution in [3.05, 3.63) is 28.0 Å². The fourth-order valence-electron chi connectivity index (χ4n) is 2.11. The van der Waals surface area contributed by atoms with Crippen LogP contribution < -0.4 is 5.73 Å². The van der Waals surface area contributed by atoms with Crippen LogP contribution >= 0.6 is 15.9 Å². The first-order valence-electron chi connectivity index (χ1n) is 5.94. The first-order valence-corrected chi connectivity index (χ1v) is 6.74. The molecule has 1 saturated carbocycles. The van der Waals surface area contributed by atoms with Gasteiger partial charge in [0.1, 0.15) is 5.82 Å². The Morgan fingerprint density at radius 1 is 1.29 bits per heavy atom. The molecule has 0 amide bonds. The van der Waals surface area contributed by atoms with Crippen molar-refractivity contribution in [1.82, 2.24) is 0 Å². The van der Waals surface area contributed by atoms with Crippen molar-refractivity contribution in [3.8, 4) is 0 Å². The van der Waals surface area contributed by atoms with E-state index in [1.165, 1.54) is 25.3 Å². The van der Waals surface area contributed by atoms with Crippen molar-refractivity contribution in [2.75, 3.05) is 5.73 Å². The number of aliphatic imine (C=N–C) groups is 1. The summed E-state index contributed by atoms with van der Waals surface area (Å²) in [4.78, 5) is 4.54. The molecule has 2 nitrogen and oxygen atoms in total. The number of benzene rings is 1. The fourth-order valence-corrected chi connectivity index (χ4v) is 2.47. The van der Waals surface area contributed by atoms with Gasteiger partial charge in [-0.3, -0.25) is 4.99 Å². The normalized spacial score (nSPS) is 17.8. The quantitative estimate of drug-likeness (QED) is 0.652. The molecule has 0 bridgehead atoms. The molecule has 1 aromatic carbocycles. The molecule has 0 aromatic heterocycles. The summed E-state index contributed by atoms with van der Waals surface area (Å²) in [6.45, 7) is 0. The van der Waals surface area contributed by atoms with Crippen LogP contribution in [0.15, 0.2) is 21.6 Å². The summed E-state index contributed by atoms with van der Waals surface area (Å²) in [6.07, 6.45) is 7.90. The van der Waals surface area contributed by atoms with E-state index in [0.29, 0.717) is 16.2 Å². The van der Waals surface area contributed by atoms with E-state index < -0.39 is 0 Å². The maximum absolute atomic E-state index is 13.2. The Bertz CT molecular complexity index is 426. The van der Waals surface area contributed by atoms with Crippen molar-refractivity contribution >= 4 is 27.8 Å². The lowest BCUT2D eigenvalue weighted by Gasteiger charge is -2.17. The van der Waals surface area contributed by atoms with Gasteiger partial charge in [-0.25, -0.2) is 4.39 Å². The number of hydrogen-bond acceptors (Lipinski definition) is 2. The molecular weight excluding hydrogens is 283 g/mol. The highest BCUT2D eigenvalue weighted by atomic mass is 79.9. The van der Waals surface area contributed by atoms with Crippen LogP contribution in [0.3, 0.4) is 0 Å². The SMILES string of the molecule is Nc1cc(F)c(Br)cc1C=NC1CCCCC1. The van der Waals surface area contributed by atoms with Crippen LogP contribution in [-0.2, 0) is 0 Å². The van der Waals surface area contributed by atoms with Gasteiger partial charge in [-0.15, -0.1) is 0 Å². The van der Waals surface area contributed by atoms with Gasteiger partial charge < -0.3 is 5.73 Å². The van der Waals surface area contributed by atoms with Gasteiger partial charge in [-0.05, 0) is 40.9 Å². The van der Waals surface area contributed by atoms with E-state index in [1.807, 2.05) is 0 Å². The molecule has 2 rings (SSSR count). The van der Waals surface area contributed by atoms with Crippen LogP contribution in [0.2, 0.25) is 0 Å². The van der Waals surface area contributed by atoms with Gasteiger partial charge in [0.25, 0.3) is 0 Å². The summed E-state index contributed by atoms with van der Waals surface area (Å²) < 4.78 is 13.6. The molecule has 0 radical (unpaired) electrons. The van der Waals surface area contributed by atoms with Crippen molar-refractivity contribution in [1.29, 1.82) is 0 Å². The largest absolute Gasteiger partial charge is 0.398 e. The predicted molar refractivity (Wildman–Crippen MR) is 73.0 cm³/mol. The van der Waals surface area contributed by atoms with Crippen molar-refractivity contribution in [2.45, 2.75) is 38.1 Å². The molecule has 1 aliphatic carbocycles. The van der Waals surface area contributed by atoms with E-state index in [-0.39, 0.29) is 5.82 Å². The zero-order chi connectivity index (χ0) is 12.3. The Labute approximate surface area is 109 Å². The van der Waals surface area contributed by atoms with Crippen LogP contribution in [0.4, 0.5) is 10.1 Å². The number of anilines is 1. The fraction of sp³-hybridized carbons (Fsp3) is 0.462. The van der Waals surface area contributed by atoms with Crippen LogP contribution in [0.5, 0.6) is 0 Å². The van der Waals surface area contributed by atoms with Gasteiger partial charge in [-0.1, -0.05) is 19.3 Å². The minimum absolute atomic E-state index is 0.336. The van der Waals surface area contributed by atoms with E-state index in [4.69, 9.17) is 5.73 Å². The first-order chi connectivity index (χ1) is 8.16. The molecule has 1 fully saturated rings. The number of nitrogens with two attached hydrogens (primary N) is 1. The maximum Gasteiger partial charge on any atom is 0.139 e. The van der Waals surface area contributed by atoms with Gasteiger partial charge >= 0.3 is 0 Å². The smallest absolute Gasteiger partial charge is 0.139 e. The van der Waals surface area contributed by atoms with Gasteiger partial charge in [0.2, 0.25) is 0 Å². The summed E-state index contributed by atoms with van der Waals surface area (Å²) in [5.74, 6) is -0.336. The molecule has 4 heteroatoms. The monoisotopic (exact) mass is 298 g/mol. The van der Waals surface area contributed by atoms with E-state index in [2.05, 4.69) is 20.9 Å². The van der Waals surface area contributed by atoms with Crippen LogP contribution in [0.1, 0.15) is 37.7 Å². The molecule has 17 heavy (non-hydrogen) atoms. The minimum atomic E-state index is -0.336. The third-order valence-corrected chi connectivity index (χ3v) is 3.73. The summed E-state index contributed by atoms with van der Waals surface area (Å²) >= 11 is 3.15. The van der Waals surface area contributed by atoms with Crippen LogP contribution in [0, 0.1) is 5.82 Å². The van der Waals surface area contributed by atoms with E-state index >= 15 is 0 Å². The molecule has 0 spiro atoms. The third kappa shape index (κ3) is 3.28. The third-order valence-electron chi connectivity index (χ3n) is 3.13. The number of nitrogen functional groups attached to an aromatic ring is 1. The second-order valence-electron chi connectivity index (χ2n) is 4.47. The van der Waals surface area contributed by atoms with Gasteiger partial charge in [0, 0.05) is 23.5 Å². The Morgan fingerprint density at radius 3 is 2.71 bits per heavy atom. The number of rotatable bonds is 2. The average Bonchev–Trinajstić information content (AvgIpc) is 2.33. The summed E-state index contributed by atoms with van der Waals surface area (Å²) in [6, 6.07) is 3.41. The molecule has 1 aliphatic rings. The molecule has 2 N–H and O–H groups in total. The number of halogens is 2. The Hall–Kier alpha value is -0.900. The highest BCUT2D eigenvalue weighted by Gasteiger charge is 2.11. The molecule has 1 aromatic rings. The van der Waals surface area contributed by atoms with Crippen LogP contribution in [-0.4, -0.2) is 12.3 Å². The van der Waals surface area contributed by atoms with Crippen LogP contribution in [0.25, 0.3) is 0 Å². The summed E-state index contributed by atoms with van der Waals surface area (Å²) in [5, 5.41) is 0. The zero-order valence-corrected chi connectivity index (χ0v) is 11.2. The average molecular weight is 299 g/mol. The topological polar surface area (TPSA) is 38.4 Å². The standard InChI is InChI=1S/C13H16BrFN2/c14-11-6-9(13(16)7-12(11)15)8-17-10-4-2-1-3-5-10/h6-8,10H,1-5,16H2. The molecule has 0 saturated heterocycles. The Morgan fingerprint density at radius 2 is 2.00 bits per heavy atom. The van der Waals surface area contributed by atoms with E-state index in [1.54, 1.807) is 12.3 Å². The molecule has 0 unspecified atom stereocenters. The predicted octanol–water partition coefficient (Wildman–Crippen LogP) is 3.92. The Balaban J connectivity index is 2.12. The van der Waals surface area contributed by atoms with Gasteiger partial charge in [-0.2, -0.15) is 0 Å². The lowest BCUT2D eigenvalue weighted by molar-refractivity contribution is 0.444. The molecule has 92 valence electrons. The van der Waals surface area contributed by atoms with Gasteiger partial charge in [0.05, 0.1) is 4.47 Å². The van der Waals surface area contributed by atoms with E-state index in [9.17, 15) is 4.39 Å². The lowest BCUT2D eigenvalue weighted by Crippen LogP contribution is -2.10. The molecule has 0 aliphatic heterocycles. The number of nitrogens with zero attached hydrogens (tertiary/aromatic N) is 1. The van der Waals surface area contributed by atoms with Crippen molar-refractivity contribution in [3.63, 3.8) is 0 Å². The summed E-state index contributed by atoms with van der Waals surface area (Å²) in [7, 11) is 0. The second kappa shape index (κ2) is 5.63. The first kappa shape index (κ1) is 12.6. The van der Waals surface area contributed by atoms with Crippen molar-refractivity contribution < 1.29 is 4.39 Å². The second-order valence-corrected chi connectivity index (χ2v) is 5.32. The van der Waals surface area contributed by atoms with E-state index in [0.717, 1.165) is 18.4 Å². The highest BCUT2D eigenvalue weighted by Crippen LogP contribution is 2.23.